The fourth-order valence-corrected chi connectivity index (χ4v) is 6.72. The van der Waals surface area contributed by atoms with Crippen LogP contribution in [0.4, 0.5) is 10.2 Å². The average molecular weight is 526 g/mol. The number of aryl methyl sites for hydroxylation is 1. The minimum absolute atomic E-state index is 0.00897. The molecule has 4 heterocycles. The molecule has 6 rings (SSSR count). The number of fused-ring (bicyclic) bond motifs is 1. The Morgan fingerprint density at radius 3 is 2.68 bits per heavy atom. The van der Waals surface area contributed by atoms with E-state index in [1.165, 1.54) is 0 Å². The Morgan fingerprint density at radius 1 is 1.22 bits per heavy atom. The number of piperidine rings is 1. The maximum atomic E-state index is 14.5. The summed E-state index contributed by atoms with van der Waals surface area (Å²) < 4.78 is 21.7. The molecule has 1 aromatic carbocycles. The second kappa shape index (κ2) is 9.33. The molecule has 0 bridgehead atoms. The lowest BCUT2D eigenvalue weighted by molar-refractivity contribution is -0.117. The van der Waals surface area contributed by atoms with Gasteiger partial charge in [0.05, 0.1) is 24.9 Å². The molecule has 2 aromatic heterocycles. The van der Waals surface area contributed by atoms with E-state index < -0.39 is 11.7 Å². The van der Waals surface area contributed by atoms with Crippen molar-refractivity contribution >= 4 is 34.1 Å². The van der Waals surface area contributed by atoms with Crippen molar-refractivity contribution in [2.75, 3.05) is 31.6 Å². The Balaban J connectivity index is 1.16. The molecule has 3 fully saturated rings. The highest BCUT2D eigenvalue weighted by molar-refractivity contribution is 6.32. The fourth-order valence-electron chi connectivity index (χ4n) is 6.39. The van der Waals surface area contributed by atoms with E-state index in [1.54, 1.807) is 10.9 Å². The Labute approximate surface area is 221 Å². The number of carbonyl (C=O) groups excluding carboxylic acids is 1. The van der Waals surface area contributed by atoms with Gasteiger partial charge in [0.1, 0.15) is 12.0 Å². The van der Waals surface area contributed by atoms with Crippen LogP contribution in [0.15, 0.2) is 36.8 Å². The van der Waals surface area contributed by atoms with Crippen LogP contribution in [0.5, 0.6) is 0 Å². The van der Waals surface area contributed by atoms with Crippen molar-refractivity contribution in [3.05, 3.63) is 52.9 Å². The number of amides is 1. The van der Waals surface area contributed by atoms with Crippen LogP contribution in [-0.2, 0) is 16.6 Å². The quantitative estimate of drug-likeness (QED) is 0.512. The van der Waals surface area contributed by atoms with E-state index >= 15 is 0 Å². The van der Waals surface area contributed by atoms with E-state index in [0.29, 0.717) is 18.3 Å². The molecule has 9 heteroatoms. The average Bonchev–Trinajstić information content (AvgIpc) is 3.15. The van der Waals surface area contributed by atoms with Crippen molar-refractivity contribution < 1.29 is 13.9 Å². The molecule has 3 aliphatic rings. The Bertz CT molecular complexity index is 1340. The first-order chi connectivity index (χ1) is 17.7. The number of carbonyl (C=O) groups is 1. The summed E-state index contributed by atoms with van der Waals surface area (Å²) in [5.41, 5.74) is 1.67. The Hall–Kier alpha value is -2.55. The summed E-state index contributed by atoms with van der Waals surface area (Å²) in [5, 5.41) is 9.94. The standard InChI is InChI=1S/C28H33ClFN5O2/c1-16-25(20-12-32-34(3)13-20)26(16)27(36)33-24-10-18-8-21(22(29)9-19(18)11-31-24)17-4-6-35(7-5-17)28(2)15-37-14-23(28)30/h8-13,16-17,23,25-26H,4-7,14-15H2,1-3H3,(H,31,33,36)/t16-,23-,25+,26-,28+/m1/s1. The summed E-state index contributed by atoms with van der Waals surface area (Å²) in [7, 11) is 1.89. The topological polar surface area (TPSA) is 72.3 Å². The maximum Gasteiger partial charge on any atom is 0.229 e. The zero-order valence-electron chi connectivity index (χ0n) is 21.5. The highest BCUT2D eigenvalue weighted by atomic mass is 35.5. The van der Waals surface area contributed by atoms with Crippen molar-refractivity contribution in [2.45, 2.75) is 50.2 Å². The molecule has 7 nitrogen and oxygen atoms in total. The SMILES string of the molecule is C[C@H]1[C@@H](C(=O)Nc2cc3cc(C4CCN([C@@]5(C)COC[C@H]5F)CC4)c(Cl)cc3cn2)[C@@H]1c1cnn(C)c1. The highest BCUT2D eigenvalue weighted by Gasteiger charge is 2.53. The summed E-state index contributed by atoms with van der Waals surface area (Å²) in [5.74, 6) is 1.22. The zero-order chi connectivity index (χ0) is 25.9. The van der Waals surface area contributed by atoms with Gasteiger partial charge in [0, 0.05) is 41.7 Å². The van der Waals surface area contributed by atoms with Crippen LogP contribution < -0.4 is 5.32 Å². The number of aromatic nitrogens is 3. The van der Waals surface area contributed by atoms with Crippen molar-refractivity contribution in [2.24, 2.45) is 18.9 Å². The number of hydrogen-bond donors (Lipinski definition) is 1. The number of hydrogen-bond acceptors (Lipinski definition) is 5. The van der Waals surface area contributed by atoms with Crippen molar-refractivity contribution in [1.29, 1.82) is 0 Å². The van der Waals surface area contributed by atoms with Gasteiger partial charge in [-0.05, 0) is 79.4 Å². The first kappa shape index (κ1) is 24.8. The first-order valence-corrected chi connectivity index (χ1v) is 13.5. The van der Waals surface area contributed by atoms with Gasteiger partial charge < -0.3 is 10.1 Å². The molecule has 1 aliphatic carbocycles. The molecule has 5 atom stereocenters. The summed E-state index contributed by atoms with van der Waals surface area (Å²) in [6.07, 6.45) is 6.47. The van der Waals surface area contributed by atoms with Crippen molar-refractivity contribution in [1.82, 2.24) is 19.7 Å². The van der Waals surface area contributed by atoms with E-state index in [1.807, 2.05) is 38.5 Å². The number of halogens is 2. The van der Waals surface area contributed by atoms with Crippen LogP contribution in [0.2, 0.25) is 5.02 Å². The van der Waals surface area contributed by atoms with Crippen LogP contribution >= 0.6 is 11.6 Å². The van der Waals surface area contributed by atoms with E-state index in [9.17, 15) is 9.18 Å². The van der Waals surface area contributed by atoms with Gasteiger partial charge in [-0.2, -0.15) is 5.10 Å². The molecule has 0 unspecified atom stereocenters. The van der Waals surface area contributed by atoms with Gasteiger partial charge in [-0.15, -0.1) is 0 Å². The minimum atomic E-state index is -0.951. The largest absolute Gasteiger partial charge is 0.376 e. The van der Waals surface area contributed by atoms with E-state index in [2.05, 4.69) is 33.3 Å². The van der Waals surface area contributed by atoms with Crippen LogP contribution in [0.1, 0.15) is 49.7 Å². The smallest absolute Gasteiger partial charge is 0.229 e. The number of nitrogens with zero attached hydrogens (tertiary/aromatic N) is 4. The Morgan fingerprint density at radius 2 is 2.00 bits per heavy atom. The number of ether oxygens (including phenoxy) is 1. The predicted molar refractivity (Wildman–Crippen MR) is 142 cm³/mol. The van der Waals surface area contributed by atoms with Gasteiger partial charge >= 0.3 is 0 Å². The molecular weight excluding hydrogens is 493 g/mol. The van der Waals surface area contributed by atoms with Crippen LogP contribution in [0, 0.1) is 11.8 Å². The van der Waals surface area contributed by atoms with Gasteiger partial charge in [-0.3, -0.25) is 14.4 Å². The van der Waals surface area contributed by atoms with Gasteiger partial charge in [0.25, 0.3) is 0 Å². The molecular formula is C28H33ClFN5O2. The monoisotopic (exact) mass is 525 g/mol. The summed E-state index contributed by atoms with van der Waals surface area (Å²) in [6.45, 7) is 6.33. The number of alkyl halides is 1. The normalized spacial score (nSPS) is 30.6. The Kier molecular flexibility index (Phi) is 6.24. The number of benzene rings is 1. The van der Waals surface area contributed by atoms with Crippen molar-refractivity contribution in [3.63, 3.8) is 0 Å². The van der Waals surface area contributed by atoms with Gasteiger partial charge in [0.15, 0.2) is 0 Å². The molecule has 0 spiro atoms. The van der Waals surface area contributed by atoms with E-state index in [0.717, 1.165) is 52.9 Å². The summed E-state index contributed by atoms with van der Waals surface area (Å²) >= 11 is 6.72. The van der Waals surface area contributed by atoms with Gasteiger partial charge in [-0.1, -0.05) is 18.5 Å². The lowest BCUT2D eigenvalue weighted by Gasteiger charge is -2.43. The van der Waals surface area contributed by atoms with Gasteiger partial charge in [0.2, 0.25) is 5.91 Å². The first-order valence-electron chi connectivity index (χ1n) is 13.1. The molecule has 1 amide bonds. The lowest BCUT2D eigenvalue weighted by Crippen LogP contribution is -2.55. The number of rotatable bonds is 5. The third kappa shape index (κ3) is 4.43. The van der Waals surface area contributed by atoms with Crippen molar-refractivity contribution in [3.8, 4) is 0 Å². The number of pyridine rings is 1. The molecule has 37 heavy (non-hydrogen) atoms. The van der Waals surface area contributed by atoms with Crippen LogP contribution in [0.3, 0.4) is 0 Å². The molecule has 1 N–H and O–H groups in total. The van der Waals surface area contributed by atoms with Gasteiger partial charge in [-0.25, -0.2) is 9.37 Å². The molecule has 0 radical (unpaired) electrons. The number of likely N-dealkylation sites (tertiary alicyclic amines) is 1. The second-order valence-electron chi connectivity index (χ2n) is 11.2. The molecule has 196 valence electrons. The van der Waals surface area contributed by atoms with E-state index in [-0.39, 0.29) is 30.3 Å². The number of anilines is 1. The highest BCUT2D eigenvalue weighted by Crippen LogP contribution is 2.54. The molecule has 1 saturated carbocycles. The zero-order valence-corrected chi connectivity index (χ0v) is 22.2. The summed E-state index contributed by atoms with van der Waals surface area (Å²) in [6, 6.07) is 6.02. The maximum absolute atomic E-state index is 14.5. The minimum Gasteiger partial charge on any atom is -0.376 e. The predicted octanol–water partition coefficient (Wildman–Crippen LogP) is 4.92. The van der Waals surface area contributed by atoms with Crippen LogP contribution in [-0.4, -0.2) is 63.6 Å². The number of nitrogens with one attached hydrogen (secondary N) is 1. The third-order valence-electron chi connectivity index (χ3n) is 8.87. The molecule has 2 aliphatic heterocycles. The second-order valence-corrected chi connectivity index (χ2v) is 11.6. The summed E-state index contributed by atoms with van der Waals surface area (Å²) in [4.78, 5) is 19.7. The third-order valence-corrected chi connectivity index (χ3v) is 9.20. The molecule has 2 saturated heterocycles. The lowest BCUT2D eigenvalue weighted by atomic mass is 9.85. The molecule has 3 aromatic rings. The van der Waals surface area contributed by atoms with E-state index in [4.69, 9.17) is 16.3 Å². The van der Waals surface area contributed by atoms with Crippen LogP contribution in [0.25, 0.3) is 10.8 Å². The fraction of sp³-hybridized carbons (Fsp3) is 0.536.